The fourth-order valence-corrected chi connectivity index (χ4v) is 2.63. The van der Waals surface area contributed by atoms with Gasteiger partial charge < -0.3 is 9.64 Å². The number of nitrogens with zero attached hydrogens (tertiary/aromatic N) is 3. The summed E-state index contributed by atoms with van der Waals surface area (Å²) < 4.78 is 7.07. The third kappa shape index (κ3) is 2.59. The lowest BCUT2D eigenvalue weighted by Crippen LogP contribution is -2.50. The highest BCUT2D eigenvalue weighted by atomic mass is 79.9. The van der Waals surface area contributed by atoms with Gasteiger partial charge in [-0.25, -0.2) is 0 Å². The molecule has 0 bridgehead atoms. The molecule has 100 valence electrons. The van der Waals surface area contributed by atoms with Gasteiger partial charge >= 0.3 is 0 Å². The largest absolute Gasteiger partial charge is 0.377 e. The van der Waals surface area contributed by atoms with Crippen LogP contribution in [-0.2, 0) is 18.2 Å². The van der Waals surface area contributed by atoms with Gasteiger partial charge in [-0.1, -0.05) is 22.9 Å². The summed E-state index contributed by atoms with van der Waals surface area (Å²) in [4.78, 5) is 14.4. The summed E-state index contributed by atoms with van der Waals surface area (Å²) in [5.41, 5.74) is 1.60. The molecule has 1 unspecified atom stereocenters. The quantitative estimate of drug-likeness (QED) is 0.788. The summed E-state index contributed by atoms with van der Waals surface area (Å²) in [6.07, 6.45) is 0.839. The highest BCUT2D eigenvalue weighted by Crippen LogP contribution is 2.15. The molecule has 6 heteroatoms. The molecule has 2 rings (SSSR count). The van der Waals surface area contributed by atoms with E-state index in [0.29, 0.717) is 25.5 Å². The number of morpholine rings is 1. The van der Waals surface area contributed by atoms with Gasteiger partial charge in [-0.2, -0.15) is 5.10 Å². The maximum absolute atomic E-state index is 12.5. The first-order valence-corrected chi connectivity index (χ1v) is 7.27. The molecule has 1 amide bonds. The number of halogens is 1. The van der Waals surface area contributed by atoms with Crippen molar-refractivity contribution in [1.82, 2.24) is 14.7 Å². The molecule has 0 aliphatic carbocycles. The molecule has 1 atom stereocenters. The Morgan fingerprint density at radius 2 is 2.44 bits per heavy atom. The van der Waals surface area contributed by atoms with E-state index in [4.69, 9.17) is 4.74 Å². The lowest BCUT2D eigenvalue weighted by atomic mass is 10.2. The average Bonchev–Trinajstić information content (AvgIpc) is 2.79. The molecule has 2 heterocycles. The van der Waals surface area contributed by atoms with Crippen LogP contribution in [0.1, 0.15) is 23.1 Å². The van der Waals surface area contributed by atoms with Crippen LogP contribution in [-0.4, -0.2) is 51.7 Å². The molecule has 0 spiro atoms. The number of carbonyl (C=O) groups is 1. The van der Waals surface area contributed by atoms with Crippen LogP contribution in [0.25, 0.3) is 0 Å². The minimum Gasteiger partial charge on any atom is -0.377 e. The van der Waals surface area contributed by atoms with Gasteiger partial charge in [0.1, 0.15) is 5.69 Å². The van der Waals surface area contributed by atoms with Gasteiger partial charge in [0, 0.05) is 18.9 Å². The number of amides is 1. The Morgan fingerprint density at radius 1 is 1.67 bits per heavy atom. The molecule has 18 heavy (non-hydrogen) atoms. The Kier molecular flexibility index (Phi) is 4.40. The summed E-state index contributed by atoms with van der Waals surface area (Å²) in [5.74, 6) is 0.0393. The van der Waals surface area contributed by atoms with E-state index in [2.05, 4.69) is 21.0 Å². The van der Waals surface area contributed by atoms with Gasteiger partial charge in [0.05, 0.1) is 24.9 Å². The normalized spacial score (nSPS) is 20.2. The summed E-state index contributed by atoms with van der Waals surface area (Å²) in [6.45, 7) is 3.87. The summed E-state index contributed by atoms with van der Waals surface area (Å²) in [6, 6.07) is 1.98. The molecule has 1 aliphatic heterocycles. The summed E-state index contributed by atoms with van der Waals surface area (Å²) in [7, 11) is 1.82. The van der Waals surface area contributed by atoms with E-state index in [1.807, 2.05) is 24.9 Å². The first-order chi connectivity index (χ1) is 8.67. The van der Waals surface area contributed by atoms with E-state index in [1.165, 1.54) is 0 Å². The smallest absolute Gasteiger partial charge is 0.272 e. The lowest BCUT2D eigenvalue weighted by molar-refractivity contribution is 0.00465. The number of hydrogen-bond acceptors (Lipinski definition) is 3. The van der Waals surface area contributed by atoms with Crippen molar-refractivity contribution in [3.05, 3.63) is 17.5 Å². The van der Waals surface area contributed by atoms with Crippen LogP contribution in [0.4, 0.5) is 0 Å². The Morgan fingerprint density at radius 3 is 3.06 bits per heavy atom. The summed E-state index contributed by atoms with van der Waals surface area (Å²) in [5, 5.41) is 5.06. The zero-order chi connectivity index (χ0) is 13.1. The van der Waals surface area contributed by atoms with Gasteiger partial charge in [-0.05, 0) is 12.5 Å². The molecule has 5 nitrogen and oxygen atoms in total. The van der Waals surface area contributed by atoms with E-state index >= 15 is 0 Å². The predicted molar refractivity (Wildman–Crippen MR) is 72.0 cm³/mol. The van der Waals surface area contributed by atoms with Crippen molar-refractivity contribution >= 4 is 21.8 Å². The second kappa shape index (κ2) is 5.84. The number of ether oxygens (including phenoxy) is 1. The minimum absolute atomic E-state index is 0.0393. The van der Waals surface area contributed by atoms with Crippen molar-refractivity contribution in [1.29, 1.82) is 0 Å². The molecule has 0 radical (unpaired) electrons. The standard InChI is InChI=1S/C12H18BrN3O2/c1-3-9-6-11(15(2)14-9)12(17)16-4-5-18-8-10(16)7-13/h6,10H,3-5,7-8H2,1-2H3. The predicted octanol–water partition coefficient (Wildman–Crippen LogP) is 1.22. The monoisotopic (exact) mass is 315 g/mol. The molecule has 0 saturated carbocycles. The van der Waals surface area contributed by atoms with Crippen LogP contribution >= 0.6 is 15.9 Å². The topological polar surface area (TPSA) is 47.4 Å². The van der Waals surface area contributed by atoms with Crippen LogP contribution < -0.4 is 0 Å². The first-order valence-electron chi connectivity index (χ1n) is 6.15. The molecule has 1 aromatic rings. The van der Waals surface area contributed by atoms with E-state index in [1.54, 1.807) is 4.68 Å². The van der Waals surface area contributed by atoms with Gasteiger partial charge in [-0.15, -0.1) is 0 Å². The highest BCUT2D eigenvalue weighted by molar-refractivity contribution is 9.09. The molecule has 1 fully saturated rings. The summed E-state index contributed by atoms with van der Waals surface area (Å²) >= 11 is 3.43. The van der Waals surface area contributed by atoms with Crippen molar-refractivity contribution < 1.29 is 9.53 Å². The van der Waals surface area contributed by atoms with Gasteiger partial charge in [0.15, 0.2) is 0 Å². The van der Waals surface area contributed by atoms with Crippen molar-refractivity contribution in [2.45, 2.75) is 19.4 Å². The number of rotatable bonds is 3. The molecule has 1 aliphatic rings. The Hall–Kier alpha value is -0.880. The van der Waals surface area contributed by atoms with Gasteiger partial charge in [0.25, 0.3) is 5.91 Å². The molecule has 0 aromatic carbocycles. The lowest BCUT2D eigenvalue weighted by Gasteiger charge is -2.34. The van der Waals surface area contributed by atoms with Crippen LogP contribution in [0.2, 0.25) is 0 Å². The highest BCUT2D eigenvalue weighted by Gasteiger charge is 2.29. The second-order valence-corrected chi connectivity index (χ2v) is 5.03. The van der Waals surface area contributed by atoms with E-state index in [-0.39, 0.29) is 11.9 Å². The Balaban J connectivity index is 2.20. The molecule has 1 saturated heterocycles. The van der Waals surface area contributed by atoms with Crippen LogP contribution in [0, 0.1) is 0 Å². The molecule has 1 aromatic heterocycles. The van der Waals surface area contributed by atoms with E-state index in [0.717, 1.165) is 17.4 Å². The van der Waals surface area contributed by atoms with Crippen molar-refractivity contribution in [3.63, 3.8) is 0 Å². The van der Waals surface area contributed by atoms with Crippen LogP contribution in [0.3, 0.4) is 0 Å². The average molecular weight is 316 g/mol. The SMILES string of the molecule is CCc1cc(C(=O)N2CCOCC2CBr)n(C)n1. The fourth-order valence-electron chi connectivity index (χ4n) is 2.10. The van der Waals surface area contributed by atoms with Crippen LogP contribution in [0.15, 0.2) is 6.07 Å². The first kappa shape index (κ1) is 13.5. The fraction of sp³-hybridized carbons (Fsp3) is 0.667. The number of aromatic nitrogens is 2. The van der Waals surface area contributed by atoms with E-state index in [9.17, 15) is 4.79 Å². The van der Waals surface area contributed by atoms with Crippen molar-refractivity contribution in [2.24, 2.45) is 7.05 Å². The number of hydrogen-bond donors (Lipinski definition) is 0. The minimum atomic E-state index is 0.0393. The number of carbonyl (C=O) groups excluding carboxylic acids is 1. The third-order valence-electron chi connectivity index (χ3n) is 3.18. The second-order valence-electron chi connectivity index (χ2n) is 4.38. The maximum Gasteiger partial charge on any atom is 0.272 e. The van der Waals surface area contributed by atoms with Crippen LogP contribution in [0.5, 0.6) is 0 Å². The Labute approximate surface area is 115 Å². The van der Waals surface area contributed by atoms with Gasteiger partial charge in [0.2, 0.25) is 0 Å². The zero-order valence-electron chi connectivity index (χ0n) is 10.7. The number of aryl methyl sites for hydroxylation is 2. The third-order valence-corrected chi connectivity index (χ3v) is 3.93. The molecular formula is C12H18BrN3O2. The molecular weight excluding hydrogens is 298 g/mol. The van der Waals surface area contributed by atoms with Crippen molar-refractivity contribution in [3.8, 4) is 0 Å². The van der Waals surface area contributed by atoms with Crippen molar-refractivity contribution in [2.75, 3.05) is 25.1 Å². The number of alkyl halides is 1. The zero-order valence-corrected chi connectivity index (χ0v) is 12.3. The Bertz CT molecular complexity index is 433. The maximum atomic E-state index is 12.5. The molecule has 0 N–H and O–H groups in total. The van der Waals surface area contributed by atoms with Gasteiger partial charge in [-0.3, -0.25) is 9.48 Å². The van der Waals surface area contributed by atoms with E-state index < -0.39 is 0 Å².